The fourth-order valence-corrected chi connectivity index (χ4v) is 2.14. The van der Waals surface area contributed by atoms with Crippen molar-refractivity contribution in [3.63, 3.8) is 0 Å². The first-order valence-corrected chi connectivity index (χ1v) is 7.12. The van der Waals surface area contributed by atoms with Gasteiger partial charge in [0.2, 0.25) is 0 Å². The summed E-state index contributed by atoms with van der Waals surface area (Å²) in [5, 5.41) is 0. The number of hydrogen-bond donors (Lipinski definition) is 0. The van der Waals surface area contributed by atoms with Gasteiger partial charge in [0.25, 0.3) is 0 Å². The zero-order valence-corrected chi connectivity index (χ0v) is 13.1. The van der Waals surface area contributed by atoms with Gasteiger partial charge in [0.15, 0.2) is 0 Å². The molecule has 4 nitrogen and oxygen atoms in total. The van der Waals surface area contributed by atoms with Crippen molar-refractivity contribution in [2.75, 3.05) is 6.61 Å². The van der Waals surface area contributed by atoms with Gasteiger partial charge in [-0.25, -0.2) is 4.79 Å². The molecule has 2 aromatic rings. The summed E-state index contributed by atoms with van der Waals surface area (Å²) >= 11 is 0. The molecule has 0 bridgehead atoms. The molecule has 0 atom stereocenters. The number of carbonyl (C=O) groups excluding carboxylic acids is 1. The molecule has 0 unspecified atom stereocenters. The van der Waals surface area contributed by atoms with Gasteiger partial charge in [-0.2, -0.15) is 13.2 Å². The lowest BCUT2D eigenvalue weighted by molar-refractivity contribution is -0.274. The van der Waals surface area contributed by atoms with Gasteiger partial charge in [0, 0.05) is 11.8 Å². The van der Waals surface area contributed by atoms with Crippen molar-refractivity contribution in [1.29, 1.82) is 0 Å². The number of rotatable bonds is 4. The third kappa shape index (κ3) is 4.64. The van der Waals surface area contributed by atoms with Gasteiger partial charge in [-0.1, -0.05) is 0 Å². The summed E-state index contributed by atoms with van der Waals surface area (Å²) in [6, 6.07) is 4.55. The van der Waals surface area contributed by atoms with Gasteiger partial charge < -0.3 is 9.47 Å². The van der Waals surface area contributed by atoms with Gasteiger partial charge in [-0.15, -0.1) is 13.2 Å². The minimum Gasteiger partial charge on any atom is -0.462 e. The normalized spacial score (nSPS) is 12.0. The van der Waals surface area contributed by atoms with Crippen LogP contribution >= 0.6 is 0 Å². The maximum atomic E-state index is 13.2. The Balaban J connectivity index is 2.53. The highest BCUT2D eigenvalue weighted by Gasteiger charge is 2.38. The predicted octanol–water partition coefficient (Wildman–Crippen LogP) is 4.84. The first kappa shape index (κ1) is 19.5. The lowest BCUT2D eigenvalue weighted by Gasteiger charge is -2.15. The molecule has 2 rings (SSSR count). The summed E-state index contributed by atoms with van der Waals surface area (Å²) < 4.78 is 84.5. The summed E-state index contributed by atoms with van der Waals surface area (Å²) in [6.45, 7) is 1.26. The van der Waals surface area contributed by atoms with Crippen LogP contribution in [0.25, 0.3) is 11.3 Å². The van der Waals surface area contributed by atoms with E-state index in [-0.39, 0.29) is 17.9 Å². The van der Waals surface area contributed by atoms with Gasteiger partial charge in [-0.3, -0.25) is 4.98 Å². The third-order valence-corrected chi connectivity index (χ3v) is 3.10. The predicted molar refractivity (Wildman–Crippen MR) is 77.3 cm³/mol. The maximum absolute atomic E-state index is 13.2. The SMILES string of the molecule is CCOC(=O)c1c(C(F)(F)F)ccnc1-c1ccc(OC(F)(F)F)cc1. The molecule has 1 aromatic carbocycles. The molecule has 0 N–H and O–H groups in total. The zero-order valence-electron chi connectivity index (χ0n) is 13.1. The van der Waals surface area contributed by atoms with Crippen LogP contribution in [0.4, 0.5) is 26.3 Å². The Morgan fingerprint density at radius 2 is 1.65 bits per heavy atom. The van der Waals surface area contributed by atoms with Crippen LogP contribution in [-0.4, -0.2) is 23.9 Å². The van der Waals surface area contributed by atoms with Crippen LogP contribution in [-0.2, 0) is 10.9 Å². The minimum absolute atomic E-state index is 0.00585. The number of alkyl halides is 6. The van der Waals surface area contributed by atoms with Gasteiger partial charge in [0.1, 0.15) is 5.75 Å². The Morgan fingerprint density at radius 1 is 1.04 bits per heavy atom. The fourth-order valence-electron chi connectivity index (χ4n) is 2.14. The first-order valence-electron chi connectivity index (χ1n) is 7.12. The largest absolute Gasteiger partial charge is 0.573 e. The topological polar surface area (TPSA) is 48.4 Å². The summed E-state index contributed by atoms with van der Waals surface area (Å²) in [5.41, 5.74) is -2.44. The number of aromatic nitrogens is 1. The molecule has 1 aromatic heterocycles. The molecule has 0 saturated heterocycles. The van der Waals surface area contributed by atoms with Crippen LogP contribution in [0.15, 0.2) is 36.5 Å². The number of hydrogen-bond acceptors (Lipinski definition) is 4. The molecule has 140 valence electrons. The number of pyridine rings is 1. The Hall–Kier alpha value is -2.78. The number of ether oxygens (including phenoxy) is 2. The summed E-state index contributed by atoms with van der Waals surface area (Å²) in [4.78, 5) is 15.8. The van der Waals surface area contributed by atoms with Crippen LogP contribution in [0.2, 0.25) is 0 Å². The molecule has 0 saturated carbocycles. The van der Waals surface area contributed by atoms with Gasteiger partial charge in [-0.05, 0) is 37.3 Å². The smallest absolute Gasteiger partial charge is 0.462 e. The minimum atomic E-state index is -4.91. The average molecular weight is 379 g/mol. The molecule has 0 aliphatic heterocycles. The van der Waals surface area contributed by atoms with E-state index in [1.807, 2.05) is 0 Å². The molecule has 0 fully saturated rings. The highest BCUT2D eigenvalue weighted by atomic mass is 19.4. The standard InChI is InChI=1S/C16H11F6NO3/c1-2-25-14(24)12-11(15(17,18)19)7-8-23-13(12)9-3-5-10(6-4-9)26-16(20,21)22/h3-8H,2H2,1H3. The Bertz CT molecular complexity index is 784. The zero-order chi connectivity index (χ0) is 19.5. The van der Waals surface area contributed by atoms with Crippen molar-refractivity contribution in [3.05, 3.63) is 47.7 Å². The number of carbonyl (C=O) groups is 1. The molecular weight excluding hydrogens is 368 g/mol. The fraction of sp³-hybridized carbons (Fsp3) is 0.250. The monoisotopic (exact) mass is 379 g/mol. The molecule has 0 aliphatic carbocycles. The highest BCUT2D eigenvalue weighted by Crippen LogP contribution is 2.36. The number of nitrogens with zero attached hydrogens (tertiary/aromatic N) is 1. The second-order valence-corrected chi connectivity index (χ2v) is 4.87. The number of halogens is 6. The lowest BCUT2D eigenvalue weighted by atomic mass is 10.0. The average Bonchev–Trinajstić information content (AvgIpc) is 2.53. The lowest BCUT2D eigenvalue weighted by Crippen LogP contribution is -2.18. The van der Waals surface area contributed by atoms with E-state index in [0.717, 1.165) is 30.5 Å². The molecule has 26 heavy (non-hydrogen) atoms. The molecule has 0 spiro atoms. The molecular formula is C16H11F6NO3. The van der Waals surface area contributed by atoms with E-state index in [1.165, 1.54) is 6.92 Å². The van der Waals surface area contributed by atoms with Crippen LogP contribution in [0.1, 0.15) is 22.8 Å². The number of esters is 1. The van der Waals surface area contributed by atoms with Crippen molar-refractivity contribution in [2.45, 2.75) is 19.5 Å². The van der Waals surface area contributed by atoms with Gasteiger partial charge >= 0.3 is 18.5 Å². The van der Waals surface area contributed by atoms with E-state index in [9.17, 15) is 31.1 Å². The van der Waals surface area contributed by atoms with Crippen molar-refractivity contribution >= 4 is 5.97 Å². The second-order valence-electron chi connectivity index (χ2n) is 4.87. The van der Waals surface area contributed by atoms with Crippen molar-refractivity contribution in [1.82, 2.24) is 4.98 Å². The van der Waals surface area contributed by atoms with E-state index < -0.39 is 35.4 Å². The van der Waals surface area contributed by atoms with Crippen molar-refractivity contribution < 1.29 is 40.6 Å². The van der Waals surface area contributed by atoms with Crippen LogP contribution < -0.4 is 4.74 Å². The maximum Gasteiger partial charge on any atom is 0.573 e. The summed E-state index contributed by atoms with van der Waals surface area (Å²) in [6.07, 6.45) is -8.91. The van der Waals surface area contributed by atoms with E-state index in [2.05, 4.69) is 14.5 Å². The highest BCUT2D eigenvalue weighted by molar-refractivity contribution is 5.98. The van der Waals surface area contributed by atoms with Crippen molar-refractivity contribution in [2.24, 2.45) is 0 Å². The van der Waals surface area contributed by atoms with Crippen LogP contribution in [0.3, 0.4) is 0 Å². The van der Waals surface area contributed by atoms with E-state index in [1.54, 1.807) is 0 Å². The third-order valence-electron chi connectivity index (χ3n) is 3.10. The summed E-state index contributed by atoms with van der Waals surface area (Å²) in [5.74, 6) is -1.80. The Kier molecular flexibility index (Phi) is 5.43. The Morgan fingerprint density at radius 3 is 2.15 bits per heavy atom. The quantitative estimate of drug-likeness (QED) is 0.563. The summed E-state index contributed by atoms with van der Waals surface area (Å²) in [7, 11) is 0. The van der Waals surface area contributed by atoms with Crippen LogP contribution in [0, 0.1) is 0 Å². The van der Waals surface area contributed by atoms with Gasteiger partial charge in [0.05, 0.1) is 23.4 Å². The molecule has 10 heteroatoms. The second kappa shape index (κ2) is 7.22. The molecule has 0 radical (unpaired) electrons. The van der Waals surface area contributed by atoms with E-state index >= 15 is 0 Å². The van der Waals surface area contributed by atoms with E-state index in [0.29, 0.717) is 6.07 Å². The molecule has 0 aliphatic rings. The van der Waals surface area contributed by atoms with Crippen LogP contribution in [0.5, 0.6) is 5.75 Å². The first-order chi connectivity index (χ1) is 12.0. The van der Waals surface area contributed by atoms with E-state index in [4.69, 9.17) is 0 Å². The molecule has 1 heterocycles. The Labute approximate surface area is 143 Å². The number of benzene rings is 1. The van der Waals surface area contributed by atoms with Crippen molar-refractivity contribution in [3.8, 4) is 17.0 Å². The molecule has 0 amide bonds.